The second-order valence-corrected chi connectivity index (χ2v) is 5.82. The number of thiophene rings is 1. The van der Waals surface area contributed by atoms with E-state index in [2.05, 4.69) is 27.1 Å². The van der Waals surface area contributed by atoms with Crippen molar-refractivity contribution in [1.82, 2.24) is 10.6 Å². The van der Waals surface area contributed by atoms with Gasteiger partial charge in [-0.2, -0.15) is 11.3 Å². The minimum absolute atomic E-state index is 0.242. The van der Waals surface area contributed by atoms with E-state index in [9.17, 15) is 4.39 Å². The van der Waals surface area contributed by atoms with E-state index in [0.29, 0.717) is 18.7 Å². The van der Waals surface area contributed by atoms with Gasteiger partial charge < -0.3 is 15.4 Å². The van der Waals surface area contributed by atoms with E-state index < -0.39 is 0 Å². The van der Waals surface area contributed by atoms with Crippen LogP contribution in [0.25, 0.3) is 0 Å². The number of hydrogen-bond donors (Lipinski definition) is 2. The minimum Gasteiger partial charge on any atom is -0.380 e. The fourth-order valence-corrected chi connectivity index (χ4v) is 2.74. The molecule has 1 aromatic carbocycles. The first-order valence-electron chi connectivity index (χ1n) is 7.52. The van der Waals surface area contributed by atoms with Gasteiger partial charge in [0, 0.05) is 25.8 Å². The molecule has 0 atom stereocenters. The molecule has 6 heteroatoms. The summed E-state index contributed by atoms with van der Waals surface area (Å²) in [7, 11) is 1.56. The highest BCUT2D eigenvalue weighted by atomic mass is 32.1. The van der Waals surface area contributed by atoms with Gasteiger partial charge in [-0.25, -0.2) is 9.38 Å². The fraction of sp³-hybridized carbons (Fsp3) is 0.353. The molecule has 124 valence electrons. The molecule has 0 bridgehead atoms. The average Bonchev–Trinajstić information content (AvgIpc) is 3.06. The summed E-state index contributed by atoms with van der Waals surface area (Å²) >= 11 is 1.66. The summed E-state index contributed by atoms with van der Waals surface area (Å²) in [5, 5.41) is 10.6. The van der Waals surface area contributed by atoms with Crippen LogP contribution in [-0.2, 0) is 24.4 Å². The van der Waals surface area contributed by atoms with Crippen molar-refractivity contribution < 1.29 is 9.13 Å². The van der Waals surface area contributed by atoms with E-state index in [4.69, 9.17) is 4.74 Å². The van der Waals surface area contributed by atoms with Crippen LogP contribution in [0.3, 0.4) is 0 Å². The molecule has 0 aliphatic carbocycles. The first-order chi connectivity index (χ1) is 11.2. The van der Waals surface area contributed by atoms with Crippen molar-refractivity contribution in [2.75, 3.05) is 13.7 Å². The van der Waals surface area contributed by atoms with Gasteiger partial charge in [0.2, 0.25) is 0 Å². The lowest BCUT2D eigenvalue weighted by molar-refractivity contribution is 0.181. The second-order valence-electron chi connectivity index (χ2n) is 5.04. The first kappa shape index (κ1) is 17.4. The van der Waals surface area contributed by atoms with Crippen LogP contribution >= 0.6 is 11.3 Å². The summed E-state index contributed by atoms with van der Waals surface area (Å²) in [6.07, 6.45) is 0. The second kappa shape index (κ2) is 9.27. The number of methoxy groups -OCH3 is 1. The highest BCUT2D eigenvalue weighted by Gasteiger charge is 2.04. The molecule has 0 saturated carbocycles. The number of nitrogens with zero attached hydrogens (tertiary/aromatic N) is 1. The number of rotatable bonds is 7. The molecule has 0 amide bonds. The summed E-state index contributed by atoms with van der Waals surface area (Å²) in [4.78, 5) is 4.55. The lowest BCUT2D eigenvalue weighted by Crippen LogP contribution is -2.36. The molecule has 0 aliphatic heterocycles. The third-order valence-electron chi connectivity index (χ3n) is 3.21. The molecule has 0 spiro atoms. The van der Waals surface area contributed by atoms with Gasteiger partial charge in [-0.15, -0.1) is 0 Å². The number of hydrogen-bond acceptors (Lipinski definition) is 3. The van der Waals surface area contributed by atoms with Gasteiger partial charge in [0.05, 0.1) is 13.2 Å². The normalized spacial score (nSPS) is 11.5. The Kier molecular flexibility index (Phi) is 7.03. The lowest BCUT2D eigenvalue weighted by Gasteiger charge is -2.12. The standard InChI is InChI=1S/C17H22FN3OS/c1-3-19-17(21-10-14-6-7-23-12-14)20-9-13-4-5-16(18)15(8-13)11-22-2/h4-8,12H,3,9-11H2,1-2H3,(H2,19,20,21). The molecule has 0 aliphatic rings. The fourth-order valence-electron chi connectivity index (χ4n) is 2.08. The van der Waals surface area contributed by atoms with Crippen molar-refractivity contribution in [3.05, 3.63) is 57.5 Å². The average molecular weight is 335 g/mol. The van der Waals surface area contributed by atoms with Gasteiger partial charge in [-0.3, -0.25) is 0 Å². The van der Waals surface area contributed by atoms with Gasteiger partial charge in [0.1, 0.15) is 5.82 Å². The minimum atomic E-state index is -0.242. The van der Waals surface area contributed by atoms with E-state index in [-0.39, 0.29) is 12.4 Å². The van der Waals surface area contributed by atoms with Crippen molar-refractivity contribution in [3.8, 4) is 0 Å². The molecule has 0 unspecified atom stereocenters. The van der Waals surface area contributed by atoms with Crippen molar-refractivity contribution in [2.24, 2.45) is 4.99 Å². The van der Waals surface area contributed by atoms with E-state index in [1.54, 1.807) is 24.5 Å². The molecular formula is C17H22FN3OS. The molecule has 2 rings (SSSR count). The Bertz CT molecular complexity index is 629. The quantitative estimate of drug-likeness (QED) is 0.603. The summed E-state index contributed by atoms with van der Waals surface area (Å²) in [6, 6.07) is 7.12. The van der Waals surface area contributed by atoms with E-state index in [1.807, 2.05) is 18.4 Å². The zero-order valence-electron chi connectivity index (χ0n) is 13.4. The van der Waals surface area contributed by atoms with E-state index in [1.165, 1.54) is 11.6 Å². The third-order valence-corrected chi connectivity index (χ3v) is 3.95. The summed E-state index contributed by atoms with van der Waals surface area (Å²) in [6.45, 7) is 4.29. The Hall–Kier alpha value is -1.92. The molecular weight excluding hydrogens is 313 g/mol. The van der Waals surface area contributed by atoms with Gasteiger partial charge in [0.25, 0.3) is 0 Å². The van der Waals surface area contributed by atoms with Crippen LogP contribution in [0.4, 0.5) is 4.39 Å². The zero-order chi connectivity index (χ0) is 16.5. The van der Waals surface area contributed by atoms with Gasteiger partial charge >= 0.3 is 0 Å². The number of aliphatic imine (C=N–C) groups is 1. The van der Waals surface area contributed by atoms with Crippen molar-refractivity contribution in [1.29, 1.82) is 0 Å². The molecule has 1 heterocycles. The number of ether oxygens (including phenoxy) is 1. The highest BCUT2D eigenvalue weighted by molar-refractivity contribution is 7.07. The molecule has 2 N–H and O–H groups in total. The maximum Gasteiger partial charge on any atom is 0.191 e. The first-order valence-corrected chi connectivity index (χ1v) is 8.46. The van der Waals surface area contributed by atoms with E-state index in [0.717, 1.165) is 18.1 Å². The summed E-state index contributed by atoms with van der Waals surface area (Å²) in [5.41, 5.74) is 2.74. The molecule has 0 radical (unpaired) electrons. The highest BCUT2D eigenvalue weighted by Crippen LogP contribution is 2.12. The van der Waals surface area contributed by atoms with Crippen molar-refractivity contribution >= 4 is 17.3 Å². The molecule has 0 fully saturated rings. The maximum atomic E-state index is 13.6. The smallest absolute Gasteiger partial charge is 0.191 e. The van der Waals surface area contributed by atoms with Crippen molar-refractivity contribution in [2.45, 2.75) is 26.6 Å². The van der Waals surface area contributed by atoms with Crippen molar-refractivity contribution in [3.63, 3.8) is 0 Å². The van der Waals surface area contributed by atoms with Crippen LogP contribution in [0, 0.1) is 5.82 Å². The molecule has 23 heavy (non-hydrogen) atoms. The van der Waals surface area contributed by atoms with Crippen LogP contribution in [0.15, 0.2) is 40.0 Å². The Labute approximate surface area is 140 Å². The third kappa shape index (κ3) is 5.65. The number of halogens is 1. The largest absolute Gasteiger partial charge is 0.380 e. The van der Waals surface area contributed by atoms with Gasteiger partial charge in [-0.05, 0) is 47.0 Å². The van der Waals surface area contributed by atoms with Crippen LogP contribution in [0.5, 0.6) is 0 Å². The topological polar surface area (TPSA) is 45.7 Å². The van der Waals surface area contributed by atoms with Gasteiger partial charge in [0.15, 0.2) is 5.96 Å². The zero-order valence-corrected chi connectivity index (χ0v) is 14.3. The monoisotopic (exact) mass is 335 g/mol. The Balaban J connectivity index is 1.97. The predicted molar refractivity (Wildman–Crippen MR) is 93.1 cm³/mol. The van der Waals surface area contributed by atoms with Crippen LogP contribution in [0.2, 0.25) is 0 Å². The molecule has 4 nitrogen and oxygen atoms in total. The predicted octanol–water partition coefficient (Wildman–Crippen LogP) is 3.29. The number of nitrogens with one attached hydrogen (secondary N) is 2. The Morgan fingerprint density at radius 1 is 1.26 bits per heavy atom. The van der Waals surface area contributed by atoms with Gasteiger partial charge in [-0.1, -0.05) is 6.07 Å². The van der Waals surface area contributed by atoms with Crippen LogP contribution in [0.1, 0.15) is 23.6 Å². The SMILES string of the molecule is CCNC(=NCc1ccsc1)NCc1ccc(F)c(COC)c1. The van der Waals surface area contributed by atoms with Crippen LogP contribution in [-0.4, -0.2) is 19.6 Å². The molecule has 0 saturated heterocycles. The Morgan fingerprint density at radius 3 is 2.83 bits per heavy atom. The Morgan fingerprint density at radius 2 is 2.13 bits per heavy atom. The maximum absolute atomic E-state index is 13.6. The lowest BCUT2D eigenvalue weighted by atomic mass is 10.1. The summed E-state index contributed by atoms with van der Waals surface area (Å²) in [5.74, 6) is 0.505. The number of guanidine groups is 1. The molecule has 1 aromatic heterocycles. The summed E-state index contributed by atoms with van der Waals surface area (Å²) < 4.78 is 18.6. The molecule has 2 aromatic rings. The number of benzene rings is 1. The van der Waals surface area contributed by atoms with Crippen LogP contribution < -0.4 is 10.6 Å². The van der Waals surface area contributed by atoms with E-state index >= 15 is 0 Å².